The van der Waals surface area contributed by atoms with Gasteiger partial charge in [-0.1, -0.05) is 11.6 Å². The van der Waals surface area contributed by atoms with Crippen molar-refractivity contribution in [3.8, 4) is 11.5 Å². The molecule has 5 heteroatoms. The van der Waals surface area contributed by atoms with Crippen LogP contribution in [0.5, 0.6) is 11.5 Å². The van der Waals surface area contributed by atoms with Crippen LogP contribution in [0.3, 0.4) is 0 Å². The van der Waals surface area contributed by atoms with E-state index in [1.54, 1.807) is 12.1 Å². The lowest BCUT2D eigenvalue weighted by Gasteiger charge is -2.10. The molecule has 0 bridgehead atoms. The number of anilines is 1. The number of hydrogen-bond acceptors (Lipinski definition) is 3. The van der Waals surface area contributed by atoms with Gasteiger partial charge in [-0.3, -0.25) is 4.79 Å². The van der Waals surface area contributed by atoms with E-state index in [4.69, 9.17) is 21.1 Å². The van der Waals surface area contributed by atoms with Gasteiger partial charge >= 0.3 is 0 Å². The average Bonchev–Trinajstić information content (AvgIpc) is 2.52. The normalized spacial score (nSPS) is 10.3. The predicted molar refractivity (Wildman–Crippen MR) is 92.7 cm³/mol. The van der Waals surface area contributed by atoms with Crippen molar-refractivity contribution in [1.82, 2.24) is 0 Å². The molecule has 0 aliphatic rings. The molecule has 0 spiro atoms. The fourth-order valence-electron chi connectivity index (χ4n) is 2.14. The third-order valence-electron chi connectivity index (χ3n) is 3.23. The summed E-state index contributed by atoms with van der Waals surface area (Å²) in [6.07, 6.45) is 0. The molecule has 0 atom stereocenters. The van der Waals surface area contributed by atoms with Crippen LogP contribution in [0.2, 0.25) is 5.02 Å². The van der Waals surface area contributed by atoms with Crippen LogP contribution in [0.4, 0.5) is 5.69 Å². The first-order valence-electron chi connectivity index (χ1n) is 7.42. The largest absolute Gasteiger partial charge is 0.494 e. The summed E-state index contributed by atoms with van der Waals surface area (Å²) in [5, 5.41) is 3.50. The van der Waals surface area contributed by atoms with E-state index in [2.05, 4.69) is 5.32 Å². The van der Waals surface area contributed by atoms with E-state index in [0.717, 1.165) is 21.9 Å². The molecule has 0 aliphatic heterocycles. The summed E-state index contributed by atoms with van der Waals surface area (Å²) in [5.41, 5.74) is 2.55. The highest BCUT2D eigenvalue weighted by atomic mass is 35.5. The van der Waals surface area contributed by atoms with E-state index in [1.807, 2.05) is 45.0 Å². The Hall–Kier alpha value is -2.20. The second-order valence-corrected chi connectivity index (χ2v) is 5.54. The smallest absolute Gasteiger partial charge is 0.262 e. The molecule has 2 rings (SSSR count). The Morgan fingerprint density at radius 1 is 1.04 bits per heavy atom. The summed E-state index contributed by atoms with van der Waals surface area (Å²) in [6, 6.07) is 10.8. The Labute approximate surface area is 141 Å². The lowest BCUT2D eigenvalue weighted by atomic mass is 10.1. The van der Waals surface area contributed by atoms with Gasteiger partial charge in [0.25, 0.3) is 5.91 Å². The number of carbonyl (C=O) groups excluding carboxylic acids is 1. The number of amides is 1. The van der Waals surface area contributed by atoms with Gasteiger partial charge < -0.3 is 14.8 Å². The first-order valence-corrected chi connectivity index (χ1v) is 7.79. The van der Waals surface area contributed by atoms with E-state index < -0.39 is 0 Å². The van der Waals surface area contributed by atoms with Crippen LogP contribution in [0.1, 0.15) is 18.1 Å². The highest BCUT2D eigenvalue weighted by Crippen LogP contribution is 2.25. The molecular weight excluding hydrogens is 314 g/mol. The fraction of sp³-hybridized carbons (Fsp3) is 0.278. The standard InChI is InChI=1S/C18H20ClNO3/c1-4-22-15-7-5-14(6-8-15)20-17(21)11-23-16-9-12(2)18(19)13(3)10-16/h5-10H,4,11H2,1-3H3,(H,20,21). The number of ether oxygens (including phenoxy) is 2. The Bertz CT molecular complexity index is 660. The highest BCUT2D eigenvalue weighted by Gasteiger charge is 2.07. The molecule has 0 heterocycles. The van der Waals surface area contributed by atoms with E-state index in [9.17, 15) is 4.79 Å². The number of halogens is 1. The van der Waals surface area contributed by atoms with Crippen LogP contribution in [0.25, 0.3) is 0 Å². The van der Waals surface area contributed by atoms with Gasteiger partial charge in [0.05, 0.1) is 6.61 Å². The zero-order valence-corrected chi connectivity index (χ0v) is 14.2. The number of benzene rings is 2. The topological polar surface area (TPSA) is 47.6 Å². The molecule has 4 nitrogen and oxygen atoms in total. The molecule has 122 valence electrons. The van der Waals surface area contributed by atoms with Gasteiger partial charge in [0.2, 0.25) is 0 Å². The van der Waals surface area contributed by atoms with Crippen molar-refractivity contribution in [3.05, 3.63) is 52.5 Å². The second kappa shape index (κ2) is 7.88. The van der Waals surface area contributed by atoms with Crippen LogP contribution in [-0.4, -0.2) is 19.1 Å². The molecular formula is C18H20ClNO3. The van der Waals surface area contributed by atoms with Crippen molar-refractivity contribution in [2.75, 3.05) is 18.5 Å². The average molecular weight is 334 g/mol. The minimum atomic E-state index is -0.223. The molecule has 0 unspecified atom stereocenters. The molecule has 0 saturated carbocycles. The molecule has 0 radical (unpaired) electrons. The maximum atomic E-state index is 11.9. The summed E-state index contributed by atoms with van der Waals surface area (Å²) >= 11 is 6.11. The second-order valence-electron chi connectivity index (χ2n) is 5.17. The molecule has 0 aromatic heterocycles. The highest BCUT2D eigenvalue weighted by molar-refractivity contribution is 6.32. The molecule has 1 N–H and O–H groups in total. The molecule has 1 amide bonds. The summed E-state index contributed by atoms with van der Waals surface area (Å²) in [5.74, 6) is 1.18. The molecule has 2 aromatic rings. The number of carbonyl (C=O) groups is 1. The lowest BCUT2D eigenvalue weighted by Crippen LogP contribution is -2.20. The third-order valence-corrected chi connectivity index (χ3v) is 3.83. The van der Waals surface area contributed by atoms with Crippen molar-refractivity contribution in [1.29, 1.82) is 0 Å². The van der Waals surface area contributed by atoms with Crippen molar-refractivity contribution >= 4 is 23.2 Å². The quantitative estimate of drug-likeness (QED) is 0.853. The zero-order chi connectivity index (χ0) is 16.8. The summed E-state index contributed by atoms with van der Waals surface area (Å²) in [6.45, 7) is 6.28. The van der Waals surface area contributed by atoms with Gasteiger partial charge in [-0.15, -0.1) is 0 Å². The van der Waals surface area contributed by atoms with Crippen LogP contribution in [-0.2, 0) is 4.79 Å². The van der Waals surface area contributed by atoms with E-state index in [1.165, 1.54) is 0 Å². The van der Waals surface area contributed by atoms with E-state index >= 15 is 0 Å². The summed E-state index contributed by atoms with van der Waals surface area (Å²) < 4.78 is 10.9. The first kappa shape index (κ1) is 17.2. The Kier molecular flexibility index (Phi) is 5.88. The number of hydrogen-bond donors (Lipinski definition) is 1. The molecule has 0 aliphatic carbocycles. The zero-order valence-electron chi connectivity index (χ0n) is 13.5. The van der Waals surface area contributed by atoms with Gasteiger partial charge in [-0.05, 0) is 68.3 Å². The summed E-state index contributed by atoms with van der Waals surface area (Å²) in [7, 11) is 0. The fourth-order valence-corrected chi connectivity index (χ4v) is 2.25. The van der Waals surface area contributed by atoms with Gasteiger partial charge in [0, 0.05) is 10.7 Å². The van der Waals surface area contributed by atoms with Crippen molar-refractivity contribution < 1.29 is 14.3 Å². The van der Waals surface area contributed by atoms with E-state index in [0.29, 0.717) is 18.0 Å². The van der Waals surface area contributed by atoms with Gasteiger partial charge in [0.1, 0.15) is 11.5 Å². The van der Waals surface area contributed by atoms with Crippen LogP contribution in [0, 0.1) is 13.8 Å². The Balaban J connectivity index is 1.90. The minimum absolute atomic E-state index is 0.0618. The van der Waals surface area contributed by atoms with Gasteiger partial charge in [-0.2, -0.15) is 0 Å². The maximum Gasteiger partial charge on any atom is 0.262 e. The molecule has 23 heavy (non-hydrogen) atoms. The van der Waals surface area contributed by atoms with Crippen LogP contribution in [0.15, 0.2) is 36.4 Å². The van der Waals surface area contributed by atoms with Gasteiger partial charge in [0.15, 0.2) is 6.61 Å². The maximum absolute atomic E-state index is 11.9. The monoisotopic (exact) mass is 333 g/mol. The third kappa shape index (κ3) is 4.89. The Morgan fingerprint density at radius 3 is 2.22 bits per heavy atom. The SMILES string of the molecule is CCOc1ccc(NC(=O)COc2cc(C)c(Cl)c(C)c2)cc1. The van der Waals surface area contributed by atoms with Crippen LogP contribution < -0.4 is 14.8 Å². The van der Waals surface area contributed by atoms with Crippen molar-refractivity contribution in [2.24, 2.45) is 0 Å². The lowest BCUT2D eigenvalue weighted by molar-refractivity contribution is -0.118. The summed E-state index contributed by atoms with van der Waals surface area (Å²) in [4.78, 5) is 11.9. The molecule has 0 saturated heterocycles. The van der Waals surface area contributed by atoms with Gasteiger partial charge in [-0.25, -0.2) is 0 Å². The Morgan fingerprint density at radius 2 is 1.65 bits per heavy atom. The van der Waals surface area contributed by atoms with Crippen LogP contribution >= 0.6 is 11.6 Å². The number of aryl methyl sites for hydroxylation is 2. The van der Waals surface area contributed by atoms with Crippen molar-refractivity contribution in [3.63, 3.8) is 0 Å². The minimum Gasteiger partial charge on any atom is -0.494 e. The molecule has 2 aromatic carbocycles. The first-order chi connectivity index (χ1) is 11.0. The number of rotatable bonds is 6. The van der Waals surface area contributed by atoms with E-state index in [-0.39, 0.29) is 12.5 Å². The predicted octanol–water partition coefficient (Wildman–Crippen LogP) is 4.37. The van der Waals surface area contributed by atoms with Crippen molar-refractivity contribution in [2.45, 2.75) is 20.8 Å². The molecule has 0 fully saturated rings. The number of nitrogens with one attached hydrogen (secondary N) is 1.